The van der Waals surface area contributed by atoms with Crippen LogP contribution < -0.4 is 5.32 Å². The minimum atomic E-state index is -3.11. The highest BCUT2D eigenvalue weighted by molar-refractivity contribution is 9.10. The summed E-state index contributed by atoms with van der Waals surface area (Å²) in [5, 5.41) is 2.55. The number of alkyl carbamates (subject to hydrolysis) is 1. The Morgan fingerprint density at radius 3 is 2.73 bits per heavy atom. The Kier molecular flexibility index (Phi) is 6.00. The Labute approximate surface area is 183 Å². The molecule has 2 aliphatic rings. The van der Waals surface area contributed by atoms with Gasteiger partial charge in [0.05, 0.1) is 15.5 Å². The van der Waals surface area contributed by atoms with Crippen molar-refractivity contribution in [3.8, 4) is 0 Å². The maximum atomic E-state index is 14.7. The lowest BCUT2D eigenvalue weighted by molar-refractivity contribution is 0.0560. The first-order valence-corrected chi connectivity index (χ1v) is 12.0. The Hall–Kier alpha value is -1.62. The van der Waals surface area contributed by atoms with E-state index in [0.29, 0.717) is 19.4 Å². The molecule has 0 fully saturated rings. The number of ether oxygens (including phenoxy) is 1. The van der Waals surface area contributed by atoms with Crippen molar-refractivity contribution < 1.29 is 22.5 Å². The molecule has 1 N–H and O–H groups in total. The van der Waals surface area contributed by atoms with Crippen LogP contribution in [0.25, 0.3) is 0 Å². The van der Waals surface area contributed by atoms with Gasteiger partial charge in [-0.1, -0.05) is 0 Å². The van der Waals surface area contributed by atoms with Gasteiger partial charge in [-0.3, -0.25) is 10.3 Å². The molecule has 0 unspecified atom stereocenters. The van der Waals surface area contributed by atoms with Crippen molar-refractivity contribution in [2.75, 3.05) is 19.0 Å². The summed E-state index contributed by atoms with van der Waals surface area (Å²) in [5.41, 5.74) is -2.95. The van der Waals surface area contributed by atoms with E-state index in [1.54, 1.807) is 27.7 Å². The number of carbonyl (C=O) groups excluding carboxylic acids is 1. The Morgan fingerprint density at radius 2 is 2.10 bits per heavy atom. The van der Waals surface area contributed by atoms with E-state index < -0.39 is 44.2 Å². The molecule has 1 aromatic heterocycles. The summed E-state index contributed by atoms with van der Waals surface area (Å²) in [6, 6.07) is 2.52. The van der Waals surface area contributed by atoms with Crippen molar-refractivity contribution in [1.82, 2.24) is 10.3 Å². The number of nitrogens with zero attached hydrogens (tertiary/aromatic N) is 3. The normalized spacial score (nSPS) is 31.2. The van der Waals surface area contributed by atoms with Crippen molar-refractivity contribution in [1.29, 1.82) is 0 Å². The van der Waals surface area contributed by atoms with Crippen LogP contribution in [0.4, 0.5) is 13.6 Å². The summed E-state index contributed by atoms with van der Waals surface area (Å²) in [6.45, 7) is 5.95. The maximum absolute atomic E-state index is 14.7. The van der Waals surface area contributed by atoms with Gasteiger partial charge >= 0.3 is 6.09 Å². The third-order valence-electron chi connectivity index (χ3n) is 5.17. The fourth-order valence-electron chi connectivity index (χ4n) is 3.65. The highest BCUT2D eigenvalue weighted by atomic mass is 79.9. The number of amides is 1. The number of aromatic nitrogens is 1. The summed E-state index contributed by atoms with van der Waals surface area (Å²) in [4.78, 5) is 21.0. The number of halogens is 3. The Morgan fingerprint density at radius 1 is 1.40 bits per heavy atom. The van der Waals surface area contributed by atoms with Crippen LogP contribution in [-0.4, -0.2) is 50.4 Å². The molecular formula is C19H25BrF2N4O3S. The van der Waals surface area contributed by atoms with Gasteiger partial charge in [0.25, 0.3) is 0 Å². The number of rotatable bonds is 2. The van der Waals surface area contributed by atoms with Gasteiger partial charge < -0.3 is 4.74 Å². The van der Waals surface area contributed by atoms with E-state index in [4.69, 9.17) is 4.74 Å². The summed E-state index contributed by atoms with van der Waals surface area (Å²) in [6.07, 6.45) is 0.252. The minimum absolute atomic E-state index is 0.0183. The summed E-state index contributed by atoms with van der Waals surface area (Å²) in [5.74, 6) is -1.12. The average Bonchev–Trinajstić information content (AvgIpc) is 2.63. The zero-order valence-electron chi connectivity index (χ0n) is 17.3. The zero-order valence-corrected chi connectivity index (χ0v) is 19.7. The van der Waals surface area contributed by atoms with E-state index in [1.165, 1.54) is 6.07 Å². The monoisotopic (exact) mass is 506 g/mol. The molecule has 3 rings (SSSR count). The molecule has 30 heavy (non-hydrogen) atoms. The molecule has 2 aliphatic heterocycles. The molecule has 3 atom stereocenters. The lowest BCUT2D eigenvalue weighted by atomic mass is 9.95. The molecule has 166 valence electrons. The maximum Gasteiger partial charge on any atom is 0.413 e. The van der Waals surface area contributed by atoms with Gasteiger partial charge in [-0.2, -0.15) is 0 Å². The molecule has 0 aliphatic carbocycles. The fraction of sp³-hybridized carbons (Fsp3) is 0.632. The van der Waals surface area contributed by atoms with Crippen LogP contribution in [0.1, 0.15) is 46.2 Å². The van der Waals surface area contributed by atoms with Crippen LogP contribution >= 0.6 is 15.9 Å². The topological polar surface area (TPSA) is 93.0 Å². The van der Waals surface area contributed by atoms with Crippen molar-refractivity contribution in [2.24, 2.45) is 9.36 Å². The Bertz CT molecular complexity index is 1020. The van der Waals surface area contributed by atoms with E-state index >= 15 is 0 Å². The summed E-state index contributed by atoms with van der Waals surface area (Å²) in [7, 11) is -3.11. The van der Waals surface area contributed by atoms with Gasteiger partial charge in [0.1, 0.15) is 44.5 Å². The summed E-state index contributed by atoms with van der Waals surface area (Å²) >= 11 is 3.16. The predicted octanol–water partition coefficient (Wildman–Crippen LogP) is 4.11. The average molecular weight is 507 g/mol. The quantitative estimate of drug-likeness (QED) is 0.610. The van der Waals surface area contributed by atoms with Gasteiger partial charge in [-0.25, -0.2) is 27.1 Å². The zero-order chi connectivity index (χ0) is 22.4. The molecule has 1 amide bonds. The predicted molar refractivity (Wildman–Crippen MR) is 114 cm³/mol. The van der Waals surface area contributed by atoms with E-state index in [9.17, 15) is 17.8 Å². The molecule has 0 spiro atoms. The third kappa shape index (κ3) is 4.10. The first-order chi connectivity index (χ1) is 13.8. The molecule has 3 heterocycles. The second-order valence-electron chi connectivity index (χ2n) is 8.69. The number of aliphatic imine (C=N–C) groups is 1. The number of carbonyl (C=O) groups is 1. The number of nitrogens with one attached hydrogen (secondary N) is 1. The summed E-state index contributed by atoms with van der Waals surface area (Å²) < 4.78 is 52.0. The molecule has 0 saturated carbocycles. The number of alkyl halides is 1. The molecule has 0 radical (unpaired) electrons. The van der Waals surface area contributed by atoms with Crippen molar-refractivity contribution in [3.05, 3.63) is 28.2 Å². The molecular weight excluding hydrogens is 482 g/mol. The second-order valence-corrected chi connectivity index (χ2v) is 12.2. The molecule has 0 bridgehead atoms. The van der Waals surface area contributed by atoms with Crippen LogP contribution in [-0.2, 0) is 20.0 Å². The van der Waals surface area contributed by atoms with Crippen LogP contribution in [0.2, 0.25) is 0 Å². The van der Waals surface area contributed by atoms with Gasteiger partial charge in [-0.05, 0) is 68.6 Å². The number of pyridine rings is 1. The van der Waals surface area contributed by atoms with Crippen LogP contribution in [0, 0.1) is 5.82 Å². The smallest absolute Gasteiger partial charge is 0.413 e. The number of hydrogen-bond acceptors (Lipinski definition) is 6. The standard InChI is InChI=1S/C19H25BrF2N4O3S/c1-17(2,3)29-16(27)25-15-18(4)8-5-9-23-30(18,28)11-19(10-21,26-15)14-12(22)6-7-13(20)24-14/h6-7H,5,8-11H2,1-4H3,(H,25,26,27)/t18-,19-,30+/m0/s1. The van der Waals surface area contributed by atoms with E-state index in [-0.39, 0.29) is 21.9 Å². The van der Waals surface area contributed by atoms with Crippen LogP contribution in [0.5, 0.6) is 0 Å². The van der Waals surface area contributed by atoms with E-state index in [0.717, 1.165) is 6.07 Å². The lowest BCUT2D eigenvalue weighted by Crippen LogP contribution is -2.61. The van der Waals surface area contributed by atoms with Gasteiger partial charge in [0, 0.05) is 6.54 Å². The van der Waals surface area contributed by atoms with Crippen molar-refractivity contribution in [3.63, 3.8) is 0 Å². The number of hydrogen-bond donors (Lipinski definition) is 1. The number of fused-ring (bicyclic) bond motifs is 1. The van der Waals surface area contributed by atoms with Gasteiger partial charge in [-0.15, -0.1) is 0 Å². The SMILES string of the molecule is CC(C)(C)OC(=O)NC1=N[C@](CF)(c2nc(Br)ccc2F)C[S@]2(=O)=NCCC[C@@]12C. The van der Waals surface area contributed by atoms with E-state index in [2.05, 4.69) is 35.6 Å². The van der Waals surface area contributed by atoms with Crippen LogP contribution in [0.15, 0.2) is 26.1 Å². The second kappa shape index (κ2) is 7.81. The molecule has 1 aromatic rings. The fourth-order valence-corrected chi connectivity index (χ4v) is 6.87. The van der Waals surface area contributed by atoms with Gasteiger partial charge in [0.15, 0.2) is 0 Å². The lowest BCUT2D eigenvalue weighted by Gasteiger charge is -2.45. The minimum Gasteiger partial charge on any atom is -0.444 e. The first-order valence-electron chi connectivity index (χ1n) is 9.53. The van der Waals surface area contributed by atoms with Gasteiger partial charge in [0.2, 0.25) is 0 Å². The van der Waals surface area contributed by atoms with E-state index in [1.807, 2.05) is 0 Å². The molecule has 11 heteroatoms. The van der Waals surface area contributed by atoms with Crippen molar-refractivity contribution in [2.45, 2.75) is 56.4 Å². The molecule has 7 nitrogen and oxygen atoms in total. The molecule has 0 saturated heterocycles. The van der Waals surface area contributed by atoms with Crippen LogP contribution in [0.3, 0.4) is 0 Å². The highest BCUT2D eigenvalue weighted by Gasteiger charge is 2.55. The Balaban J connectivity index is 2.20. The third-order valence-corrected chi connectivity index (χ3v) is 8.89. The largest absolute Gasteiger partial charge is 0.444 e. The van der Waals surface area contributed by atoms with Crippen molar-refractivity contribution >= 4 is 37.6 Å². The molecule has 0 aromatic carbocycles. The first kappa shape index (κ1) is 23.1. The number of amidine groups is 1. The highest BCUT2D eigenvalue weighted by Crippen LogP contribution is 2.43.